The van der Waals surface area contributed by atoms with E-state index >= 15 is 0 Å². The van der Waals surface area contributed by atoms with Crippen molar-refractivity contribution in [3.05, 3.63) is 58.7 Å². The number of fused-ring (bicyclic) bond motifs is 1. The van der Waals surface area contributed by atoms with Crippen LogP contribution in [0.1, 0.15) is 28.7 Å². The minimum atomic E-state index is 0. The number of nitrogens with zero attached hydrogens (tertiary/aromatic N) is 1. The van der Waals surface area contributed by atoms with Gasteiger partial charge >= 0.3 is 0 Å². The summed E-state index contributed by atoms with van der Waals surface area (Å²) in [4.78, 5) is 4.42. The average molecular weight is 437 g/mol. The number of anilines is 1. The van der Waals surface area contributed by atoms with Crippen molar-refractivity contribution in [1.29, 1.82) is 0 Å². The molecule has 0 saturated heterocycles. The Kier molecular flexibility index (Phi) is 6.48. The number of aryl methyl sites for hydroxylation is 3. The number of hydrogen-bond donors (Lipinski definition) is 2. The number of hydrogen-bond acceptors (Lipinski definition) is 2. The number of ether oxygens (including phenoxy) is 1. The van der Waals surface area contributed by atoms with Crippen molar-refractivity contribution in [2.45, 2.75) is 32.7 Å². The molecule has 0 radical (unpaired) electrons. The molecule has 1 aliphatic carbocycles. The molecule has 0 unspecified atom stereocenters. The normalized spacial score (nSPS) is 13.2. The Hall–Kier alpha value is -1.76. The molecule has 0 bridgehead atoms. The highest BCUT2D eigenvalue weighted by Gasteiger charge is 2.10. The smallest absolute Gasteiger partial charge is 0.193 e. The summed E-state index contributed by atoms with van der Waals surface area (Å²) in [6.45, 7) is 2.58. The molecule has 3 rings (SSSR count). The van der Waals surface area contributed by atoms with Gasteiger partial charge in [-0.05, 0) is 66.6 Å². The summed E-state index contributed by atoms with van der Waals surface area (Å²) in [6, 6.07) is 12.5. The number of nitrogens with one attached hydrogen (secondary N) is 1. The Morgan fingerprint density at radius 1 is 1.17 bits per heavy atom. The standard InChI is InChI=1S/C19H23N3O.HI/c1-13-10-14(6-9-18(13)23-2)12-21-19(20)22-17-8-7-15-4-3-5-16(15)11-17;/h6-11H,3-5,12H2,1-2H3,(H3,20,21,22);1H. The lowest BCUT2D eigenvalue weighted by molar-refractivity contribution is 0.411. The van der Waals surface area contributed by atoms with Gasteiger partial charge in [0.1, 0.15) is 5.75 Å². The van der Waals surface area contributed by atoms with Gasteiger partial charge in [-0.25, -0.2) is 4.99 Å². The van der Waals surface area contributed by atoms with Crippen LogP contribution in [-0.2, 0) is 19.4 Å². The number of halogens is 1. The van der Waals surface area contributed by atoms with Gasteiger partial charge < -0.3 is 15.8 Å². The minimum Gasteiger partial charge on any atom is -0.496 e. The highest BCUT2D eigenvalue weighted by molar-refractivity contribution is 14.0. The quantitative estimate of drug-likeness (QED) is 0.431. The second-order valence-corrected chi connectivity index (χ2v) is 5.97. The van der Waals surface area contributed by atoms with Crippen LogP contribution in [0.5, 0.6) is 5.75 Å². The van der Waals surface area contributed by atoms with Gasteiger partial charge in [-0.15, -0.1) is 24.0 Å². The summed E-state index contributed by atoms with van der Waals surface area (Å²) in [5.41, 5.74) is 12.1. The molecule has 0 fully saturated rings. The Balaban J connectivity index is 0.00000208. The second-order valence-electron chi connectivity index (χ2n) is 5.97. The van der Waals surface area contributed by atoms with E-state index in [-0.39, 0.29) is 24.0 Å². The van der Waals surface area contributed by atoms with E-state index in [4.69, 9.17) is 10.5 Å². The molecule has 0 amide bonds. The molecule has 24 heavy (non-hydrogen) atoms. The molecular weight excluding hydrogens is 413 g/mol. The van der Waals surface area contributed by atoms with Crippen LogP contribution in [0.3, 0.4) is 0 Å². The molecule has 4 nitrogen and oxygen atoms in total. The summed E-state index contributed by atoms with van der Waals surface area (Å²) in [6.07, 6.45) is 3.60. The van der Waals surface area contributed by atoms with Gasteiger partial charge in [-0.1, -0.05) is 18.2 Å². The lowest BCUT2D eigenvalue weighted by Gasteiger charge is -2.09. The van der Waals surface area contributed by atoms with Crippen LogP contribution in [0.15, 0.2) is 41.4 Å². The first kappa shape index (κ1) is 18.6. The van der Waals surface area contributed by atoms with Crippen molar-refractivity contribution >= 4 is 35.6 Å². The fraction of sp³-hybridized carbons (Fsp3) is 0.316. The van der Waals surface area contributed by atoms with Gasteiger partial charge in [0.05, 0.1) is 13.7 Å². The zero-order valence-electron chi connectivity index (χ0n) is 14.1. The largest absolute Gasteiger partial charge is 0.496 e. The van der Waals surface area contributed by atoms with Gasteiger partial charge in [-0.3, -0.25) is 0 Å². The molecule has 2 aromatic carbocycles. The van der Waals surface area contributed by atoms with Crippen molar-refractivity contribution in [3.63, 3.8) is 0 Å². The lowest BCUT2D eigenvalue weighted by atomic mass is 10.1. The predicted molar refractivity (Wildman–Crippen MR) is 111 cm³/mol. The number of aliphatic imine (C=N–C) groups is 1. The van der Waals surface area contributed by atoms with Crippen LogP contribution in [0.2, 0.25) is 0 Å². The summed E-state index contributed by atoms with van der Waals surface area (Å²) in [7, 11) is 1.68. The molecule has 0 aliphatic heterocycles. The molecule has 0 saturated carbocycles. The highest BCUT2D eigenvalue weighted by Crippen LogP contribution is 2.24. The van der Waals surface area contributed by atoms with E-state index in [2.05, 4.69) is 34.6 Å². The summed E-state index contributed by atoms with van der Waals surface area (Å²) < 4.78 is 5.27. The van der Waals surface area contributed by atoms with E-state index in [0.717, 1.165) is 29.0 Å². The monoisotopic (exact) mass is 437 g/mol. The van der Waals surface area contributed by atoms with Crippen molar-refractivity contribution < 1.29 is 4.74 Å². The summed E-state index contributed by atoms with van der Waals surface area (Å²) in [5, 5.41) is 3.18. The number of methoxy groups -OCH3 is 1. The van der Waals surface area contributed by atoms with Gasteiger partial charge in [0, 0.05) is 5.69 Å². The van der Waals surface area contributed by atoms with E-state index in [1.807, 2.05) is 19.1 Å². The molecule has 128 valence electrons. The fourth-order valence-electron chi connectivity index (χ4n) is 3.05. The zero-order valence-corrected chi connectivity index (χ0v) is 16.5. The van der Waals surface area contributed by atoms with Crippen LogP contribution in [0, 0.1) is 6.92 Å². The third kappa shape index (κ3) is 4.41. The number of rotatable bonds is 4. The molecular formula is C19H24IN3O. The van der Waals surface area contributed by atoms with E-state index < -0.39 is 0 Å². The summed E-state index contributed by atoms with van der Waals surface area (Å²) in [5.74, 6) is 1.33. The van der Waals surface area contributed by atoms with E-state index in [0.29, 0.717) is 12.5 Å². The first-order chi connectivity index (χ1) is 11.2. The van der Waals surface area contributed by atoms with E-state index in [1.165, 1.54) is 24.0 Å². The maximum absolute atomic E-state index is 6.01. The zero-order chi connectivity index (χ0) is 16.2. The topological polar surface area (TPSA) is 59.6 Å². The second kappa shape index (κ2) is 8.37. The molecule has 3 N–H and O–H groups in total. The molecule has 0 spiro atoms. The molecule has 5 heteroatoms. The van der Waals surface area contributed by atoms with Crippen LogP contribution < -0.4 is 15.8 Å². The van der Waals surface area contributed by atoms with Gasteiger partial charge in [0.15, 0.2) is 5.96 Å². The Labute approximate surface area is 160 Å². The average Bonchev–Trinajstić information content (AvgIpc) is 3.01. The highest BCUT2D eigenvalue weighted by atomic mass is 127. The molecule has 0 heterocycles. The maximum Gasteiger partial charge on any atom is 0.193 e. The van der Waals surface area contributed by atoms with Crippen LogP contribution in [0.4, 0.5) is 5.69 Å². The van der Waals surface area contributed by atoms with Gasteiger partial charge in [0.2, 0.25) is 0 Å². The predicted octanol–water partition coefficient (Wildman–Crippen LogP) is 4.04. The first-order valence-electron chi connectivity index (χ1n) is 7.98. The van der Waals surface area contributed by atoms with E-state index in [9.17, 15) is 0 Å². The van der Waals surface area contributed by atoms with Gasteiger partial charge in [0.25, 0.3) is 0 Å². The molecule has 0 atom stereocenters. The SMILES string of the molecule is COc1ccc(CN=C(N)Nc2ccc3c(c2)CCC3)cc1C.I. The first-order valence-corrected chi connectivity index (χ1v) is 7.98. The van der Waals surface area contributed by atoms with Crippen molar-refractivity contribution in [1.82, 2.24) is 0 Å². The van der Waals surface area contributed by atoms with Crippen LogP contribution in [-0.4, -0.2) is 13.1 Å². The Bertz CT molecular complexity index is 743. The van der Waals surface area contributed by atoms with Crippen LogP contribution in [0.25, 0.3) is 0 Å². The number of nitrogens with two attached hydrogens (primary N) is 1. The number of guanidine groups is 1. The van der Waals surface area contributed by atoms with E-state index in [1.54, 1.807) is 7.11 Å². The van der Waals surface area contributed by atoms with Crippen molar-refractivity contribution in [2.24, 2.45) is 10.7 Å². The van der Waals surface area contributed by atoms with Crippen LogP contribution >= 0.6 is 24.0 Å². The summed E-state index contributed by atoms with van der Waals surface area (Å²) >= 11 is 0. The molecule has 2 aromatic rings. The van der Waals surface area contributed by atoms with Crippen molar-refractivity contribution in [2.75, 3.05) is 12.4 Å². The Morgan fingerprint density at radius 3 is 2.71 bits per heavy atom. The third-order valence-corrected chi connectivity index (χ3v) is 4.26. The maximum atomic E-state index is 6.01. The molecule has 1 aliphatic rings. The fourth-order valence-corrected chi connectivity index (χ4v) is 3.05. The lowest BCUT2D eigenvalue weighted by Crippen LogP contribution is -2.22. The van der Waals surface area contributed by atoms with Gasteiger partial charge in [-0.2, -0.15) is 0 Å². The van der Waals surface area contributed by atoms with Crippen molar-refractivity contribution in [3.8, 4) is 5.75 Å². The minimum absolute atomic E-state index is 0. The number of benzene rings is 2. The molecule has 0 aromatic heterocycles. The third-order valence-electron chi connectivity index (χ3n) is 4.26. The Morgan fingerprint density at radius 2 is 1.96 bits per heavy atom.